The van der Waals surface area contributed by atoms with Crippen LogP contribution in [0.2, 0.25) is 0 Å². The molecule has 2 rings (SSSR count). The normalized spacial score (nSPS) is 10.9. The van der Waals surface area contributed by atoms with Crippen molar-refractivity contribution in [2.45, 2.75) is 20.3 Å². The van der Waals surface area contributed by atoms with Crippen molar-refractivity contribution in [1.82, 2.24) is 9.97 Å². The van der Waals surface area contributed by atoms with E-state index in [1.807, 2.05) is 18.4 Å². The van der Waals surface area contributed by atoms with Gasteiger partial charge in [0.1, 0.15) is 10.6 Å². The lowest BCUT2D eigenvalue weighted by molar-refractivity contribution is 0.301. The molecule has 0 amide bonds. The van der Waals surface area contributed by atoms with Gasteiger partial charge in [0.15, 0.2) is 0 Å². The van der Waals surface area contributed by atoms with Crippen LogP contribution < -0.4 is 10.2 Å². The summed E-state index contributed by atoms with van der Waals surface area (Å²) in [5, 5.41) is 15.5. The van der Waals surface area contributed by atoms with Crippen LogP contribution in [0, 0.1) is 0 Å². The summed E-state index contributed by atoms with van der Waals surface area (Å²) >= 11 is 1.61. The topological polar surface area (TPSA) is 61.3 Å². The van der Waals surface area contributed by atoms with Gasteiger partial charge in [0, 0.05) is 19.6 Å². The number of aliphatic hydroxyl groups is 1. The molecule has 2 heterocycles. The van der Waals surface area contributed by atoms with E-state index in [1.54, 1.807) is 11.3 Å². The molecule has 2 aromatic rings. The summed E-state index contributed by atoms with van der Waals surface area (Å²) in [4.78, 5) is 12.2. The van der Waals surface area contributed by atoms with E-state index in [2.05, 4.69) is 27.1 Å². The van der Waals surface area contributed by atoms with Crippen molar-refractivity contribution in [3.05, 3.63) is 11.4 Å². The predicted molar refractivity (Wildman–Crippen MR) is 81.2 cm³/mol. The van der Waals surface area contributed by atoms with Gasteiger partial charge in [-0.3, -0.25) is 0 Å². The highest BCUT2D eigenvalue weighted by Crippen LogP contribution is 2.29. The first-order valence-electron chi connectivity index (χ1n) is 6.65. The van der Waals surface area contributed by atoms with Gasteiger partial charge in [-0.25, -0.2) is 4.98 Å². The Morgan fingerprint density at radius 1 is 1.32 bits per heavy atom. The highest BCUT2D eigenvalue weighted by atomic mass is 32.1. The lowest BCUT2D eigenvalue weighted by atomic mass is 10.3. The van der Waals surface area contributed by atoms with Crippen LogP contribution in [0.25, 0.3) is 10.2 Å². The van der Waals surface area contributed by atoms with Gasteiger partial charge in [-0.1, -0.05) is 6.92 Å². The Labute approximate surface area is 117 Å². The minimum absolute atomic E-state index is 0.131. The molecule has 0 fully saturated rings. The van der Waals surface area contributed by atoms with Gasteiger partial charge >= 0.3 is 0 Å². The molecule has 0 aromatic carbocycles. The van der Waals surface area contributed by atoms with Crippen molar-refractivity contribution in [2.24, 2.45) is 0 Å². The Balaban J connectivity index is 2.45. The minimum Gasteiger partial charge on any atom is -0.395 e. The lowest BCUT2D eigenvalue weighted by Crippen LogP contribution is -2.28. The van der Waals surface area contributed by atoms with Gasteiger partial charge in [0.05, 0.1) is 12.0 Å². The molecule has 2 N–H and O–H groups in total. The SMILES string of the molecule is CCCN(CCO)c1nc(NCC)nc2sccc12. The van der Waals surface area contributed by atoms with Crippen LogP contribution >= 0.6 is 11.3 Å². The molecule has 6 heteroatoms. The number of nitrogens with zero attached hydrogens (tertiary/aromatic N) is 3. The number of thiophene rings is 1. The first-order chi connectivity index (χ1) is 9.30. The molecule has 0 unspecified atom stereocenters. The number of aromatic nitrogens is 2. The molecule has 0 saturated carbocycles. The molecule has 0 radical (unpaired) electrons. The third-order valence-electron chi connectivity index (χ3n) is 2.80. The van der Waals surface area contributed by atoms with Gasteiger partial charge < -0.3 is 15.3 Å². The average Bonchev–Trinajstić information content (AvgIpc) is 2.86. The molecule has 19 heavy (non-hydrogen) atoms. The van der Waals surface area contributed by atoms with Crippen molar-refractivity contribution in [3.63, 3.8) is 0 Å². The standard InChI is InChI=1S/C13H20N4OS/c1-3-6-17(7-8-18)11-10-5-9-19-12(10)16-13(15-11)14-4-2/h5,9,18H,3-4,6-8H2,1-2H3,(H,14,15,16). The molecule has 0 saturated heterocycles. The van der Waals surface area contributed by atoms with Crippen LogP contribution in [0.5, 0.6) is 0 Å². The van der Waals surface area contributed by atoms with Crippen molar-refractivity contribution in [3.8, 4) is 0 Å². The van der Waals surface area contributed by atoms with Gasteiger partial charge in [0.2, 0.25) is 5.95 Å². The third-order valence-corrected chi connectivity index (χ3v) is 3.61. The van der Waals surface area contributed by atoms with E-state index in [0.29, 0.717) is 12.5 Å². The summed E-state index contributed by atoms with van der Waals surface area (Å²) in [6, 6.07) is 2.05. The lowest BCUT2D eigenvalue weighted by Gasteiger charge is -2.23. The molecule has 5 nitrogen and oxygen atoms in total. The molecule has 0 bridgehead atoms. The molecule has 104 valence electrons. The maximum atomic E-state index is 9.22. The van der Waals surface area contributed by atoms with E-state index in [0.717, 1.165) is 35.5 Å². The van der Waals surface area contributed by atoms with E-state index in [4.69, 9.17) is 0 Å². The monoisotopic (exact) mass is 280 g/mol. The van der Waals surface area contributed by atoms with E-state index in [-0.39, 0.29) is 6.61 Å². The summed E-state index contributed by atoms with van der Waals surface area (Å²) in [7, 11) is 0. The number of anilines is 2. The number of hydrogen-bond acceptors (Lipinski definition) is 6. The fourth-order valence-electron chi connectivity index (χ4n) is 2.03. The Morgan fingerprint density at radius 2 is 2.16 bits per heavy atom. The van der Waals surface area contributed by atoms with E-state index in [1.165, 1.54) is 0 Å². The van der Waals surface area contributed by atoms with Crippen LogP contribution in [0.1, 0.15) is 20.3 Å². The second kappa shape index (κ2) is 6.68. The van der Waals surface area contributed by atoms with Crippen molar-refractivity contribution < 1.29 is 5.11 Å². The van der Waals surface area contributed by atoms with Gasteiger partial charge in [0.25, 0.3) is 0 Å². The van der Waals surface area contributed by atoms with Crippen LogP contribution in [0.4, 0.5) is 11.8 Å². The quantitative estimate of drug-likeness (QED) is 0.815. The van der Waals surface area contributed by atoms with E-state index >= 15 is 0 Å². The maximum absolute atomic E-state index is 9.22. The van der Waals surface area contributed by atoms with Gasteiger partial charge in [-0.2, -0.15) is 4.98 Å². The van der Waals surface area contributed by atoms with Crippen LogP contribution in [-0.2, 0) is 0 Å². The summed E-state index contributed by atoms with van der Waals surface area (Å²) in [5.74, 6) is 1.57. The molecular formula is C13H20N4OS. The second-order valence-electron chi connectivity index (χ2n) is 4.25. The third kappa shape index (κ3) is 3.13. The highest BCUT2D eigenvalue weighted by molar-refractivity contribution is 7.16. The van der Waals surface area contributed by atoms with Crippen LogP contribution in [0.15, 0.2) is 11.4 Å². The zero-order chi connectivity index (χ0) is 13.7. The number of fused-ring (bicyclic) bond motifs is 1. The summed E-state index contributed by atoms with van der Waals surface area (Å²) in [6.07, 6.45) is 1.02. The smallest absolute Gasteiger partial charge is 0.226 e. The Morgan fingerprint density at radius 3 is 2.84 bits per heavy atom. The van der Waals surface area contributed by atoms with Crippen molar-refractivity contribution in [2.75, 3.05) is 36.5 Å². The maximum Gasteiger partial charge on any atom is 0.226 e. The largest absolute Gasteiger partial charge is 0.395 e. The highest BCUT2D eigenvalue weighted by Gasteiger charge is 2.14. The average molecular weight is 280 g/mol. The fraction of sp³-hybridized carbons (Fsp3) is 0.538. The zero-order valence-corrected chi connectivity index (χ0v) is 12.2. The molecule has 0 spiro atoms. The Bertz CT molecular complexity index is 522. The summed E-state index contributed by atoms with van der Waals surface area (Å²) < 4.78 is 0. The minimum atomic E-state index is 0.131. The van der Waals surface area contributed by atoms with Crippen molar-refractivity contribution >= 4 is 33.3 Å². The second-order valence-corrected chi connectivity index (χ2v) is 5.15. The Hall–Kier alpha value is -1.40. The van der Waals surface area contributed by atoms with Crippen LogP contribution in [-0.4, -0.2) is 41.3 Å². The number of aliphatic hydroxyl groups excluding tert-OH is 1. The summed E-state index contributed by atoms with van der Waals surface area (Å²) in [5.41, 5.74) is 0. The molecule has 2 aromatic heterocycles. The predicted octanol–water partition coefficient (Wildman–Crippen LogP) is 2.33. The summed E-state index contributed by atoms with van der Waals surface area (Å²) in [6.45, 7) is 6.56. The van der Waals surface area contributed by atoms with Crippen molar-refractivity contribution in [1.29, 1.82) is 0 Å². The molecule has 0 atom stereocenters. The zero-order valence-electron chi connectivity index (χ0n) is 11.4. The van der Waals surface area contributed by atoms with Crippen LogP contribution in [0.3, 0.4) is 0 Å². The first-order valence-corrected chi connectivity index (χ1v) is 7.53. The molecular weight excluding hydrogens is 260 g/mol. The van der Waals surface area contributed by atoms with E-state index in [9.17, 15) is 5.11 Å². The first kappa shape index (κ1) is 14.0. The number of rotatable bonds is 7. The number of hydrogen-bond donors (Lipinski definition) is 2. The molecule has 0 aliphatic rings. The fourth-order valence-corrected chi connectivity index (χ4v) is 2.79. The number of nitrogens with one attached hydrogen (secondary N) is 1. The molecule has 0 aliphatic heterocycles. The van der Waals surface area contributed by atoms with Gasteiger partial charge in [-0.15, -0.1) is 11.3 Å². The Kier molecular flexibility index (Phi) is 4.93. The molecule has 0 aliphatic carbocycles. The van der Waals surface area contributed by atoms with Gasteiger partial charge in [-0.05, 0) is 24.8 Å². The van der Waals surface area contributed by atoms with E-state index < -0.39 is 0 Å².